The van der Waals surface area contributed by atoms with Gasteiger partial charge in [-0.2, -0.15) is 0 Å². The quantitative estimate of drug-likeness (QED) is 0.691. The van der Waals surface area contributed by atoms with E-state index in [1.54, 1.807) is 6.26 Å². The molecular weight excluding hydrogens is 292 g/mol. The van der Waals surface area contributed by atoms with E-state index in [1.807, 2.05) is 6.92 Å². The van der Waals surface area contributed by atoms with Crippen molar-refractivity contribution in [3.05, 3.63) is 0 Å². The van der Waals surface area contributed by atoms with Crippen LogP contribution in [0, 0.1) is 5.92 Å². The van der Waals surface area contributed by atoms with E-state index in [2.05, 4.69) is 17.6 Å². The first kappa shape index (κ1) is 17.9. The molecule has 1 fully saturated rings. The second kappa shape index (κ2) is 7.77. The highest BCUT2D eigenvalue weighted by Crippen LogP contribution is 2.32. The SMILES string of the molecule is CC1CCC(NC(=O)NCCC(C)S(C)=O)(C(=O)O)CC1. The number of rotatable bonds is 6. The van der Waals surface area contributed by atoms with E-state index in [0.717, 1.165) is 12.8 Å². The summed E-state index contributed by atoms with van der Waals surface area (Å²) >= 11 is 0. The van der Waals surface area contributed by atoms with Gasteiger partial charge in [-0.1, -0.05) is 13.8 Å². The molecule has 1 aliphatic rings. The van der Waals surface area contributed by atoms with Crippen LogP contribution >= 0.6 is 0 Å². The highest BCUT2D eigenvalue weighted by molar-refractivity contribution is 7.84. The lowest BCUT2D eigenvalue weighted by Gasteiger charge is -2.36. The first-order valence-corrected chi connectivity index (χ1v) is 9.00. The minimum absolute atomic E-state index is 0.00858. The predicted molar refractivity (Wildman–Crippen MR) is 82.7 cm³/mol. The number of carboxylic acid groups (broad SMARTS) is 1. The Morgan fingerprint density at radius 2 is 1.95 bits per heavy atom. The summed E-state index contributed by atoms with van der Waals surface area (Å²) in [6, 6.07) is -0.457. The molecule has 0 aromatic carbocycles. The molecule has 3 N–H and O–H groups in total. The van der Waals surface area contributed by atoms with Crippen LogP contribution < -0.4 is 10.6 Å². The third kappa shape index (κ3) is 5.30. The molecule has 21 heavy (non-hydrogen) atoms. The van der Waals surface area contributed by atoms with Gasteiger partial charge in [-0.25, -0.2) is 9.59 Å². The summed E-state index contributed by atoms with van der Waals surface area (Å²) in [6.07, 6.45) is 4.77. The molecule has 0 saturated heterocycles. The van der Waals surface area contributed by atoms with Crippen molar-refractivity contribution in [2.45, 2.75) is 56.7 Å². The van der Waals surface area contributed by atoms with Crippen molar-refractivity contribution in [1.82, 2.24) is 10.6 Å². The normalized spacial score (nSPS) is 28.4. The third-order valence-electron chi connectivity index (χ3n) is 4.29. The molecule has 6 nitrogen and oxygen atoms in total. The number of carbonyl (C=O) groups is 2. The fourth-order valence-electron chi connectivity index (χ4n) is 2.46. The summed E-state index contributed by atoms with van der Waals surface area (Å²) < 4.78 is 11.2. The van der Waals surface area contributed by atoms with Crippen molar-refractivity contribution < 1.29 is 18.9 Å². The Kier molecular flexibility index (Phi) is 6.64. The zero-order valence-electron chi connectivity index (χ0n) is 13.0. The predicted octanol–water partition coefficient (Wildman–Crippen LogP) is 1.48. The van der Waals surface area contributed by atoms with E-state index in [9.17, 15) is 18.9 Å². The Morgan fingerprint density at radius 1 is 1.38 bits per heavy atom. The third-order valence-corrected chi connectivity index (χ3v) is 5.66. The number of urea groups is 1. The van der Waals surface area contributed by atoms with E-state index >= 15 is 0 Å². The number of hydrogen-bond acceptors (Lipinski definition) is 3. The zero-order chi connectivity index (χ0) is 16.0. The number of carbonyl (C=O) groups excluding carboxylic acids is 1. The molecule has 2 atom stereocenters. The number of aliphatic carboxylic acids is 1. The van der Waals surface area contributed by atoms with Crippen molar-refractivity contribution in [2.24, 2.45) is 5.92 Å². The average molecular weight is 318 g/mol. The molecule has 1 saturated carbocycles. The number of amides is 2. The van der Waals surface area contributed by atoms with Crippen LogP contribution in [0.15, 0.2) is 0 Å². The number of carboxylic acids is 1. The molecule has 0 aliphatic heterocycles. The van der Waals surface area contributed by atoms with Crippen LogP contribution in [0.5, 0.6) is 0 Å². The highest BCUT2D eigenvalue weighted by atomic mass is 32.2. The fraction of sp³-hybridized carbons (Fsp3) is 0.857. The van der Waals surface area contributed by atoms with Crippen molar-refractivity contribution in [1.29, 1.82) is 0 Å². The molecular formula is C14H26N2O4S. The molecule has 1 rings (SSSR count). The van der Waals surface area contributed by atoms with Gasteiger partial charge in [-0.05, 0) is 38.0 Å². The molecule has 0 aromatic rings. The first-order chi connectivity index (χ1) is 9.77. The smallest absolute Gasteiger partial charge is 0.329 e. The second-order valence-electron chi connectivity index (χ2n) is 6.05. The van der Waals surface area contributed by atoms with Gasteiger partial charge in [0.05, 0.1) is 0 Å². The molecule has 122 valence electrons. The van der Waals surface area contributed by atoms with E-state index < -0.39 is 28.3 Å². The average Bonchev–Trinajstić information content (AvgIpc) is 2.41. The van der Waals surface area contributed by atoms with Gasteiger partial charge in [0.15, 0.2) is 0 Å². The molecule has 0 bridgehead atoms. The second-order valence-corrected chi connectivity index (χ2v) is 7.85. The van der Waals surface area contributed by atoms with Gasteiger partial charge in [-0.15, -0.1) is 0 Å². The minimum atomic E-state index is -1.14. The van der Waals surface area contributed by atoms with Crippen molar-refractivity contribution in [3.63, 3.8) is 0 Å². The molecule has 0 aromatic heterocycles. The fourth-order valence-corrected chi connectivity index (χ4v) is 2.91. The Balaban J connectivity index is 2.47. The Morgan fingerprint density at radius 3 is 2.43 bits per heavy atom. The van der Waals surface area contributed by atoms with Crippen molar-refractivity contribution >= 4 is 22.8 Å². The molecule has 0 heterocycles. The van der Waals surface area contributed by atoms with Crippen LogP contribution in [0.2, 0.25) is 0 Å². The van der Waals surface area contributed by atoms with Crippen molar-refractivity contribution in [2.75, 3.05) is 12.8 Å². The van der Waals surface area contributed by atoms with Gasteiger partial charge in [0.25, 0.3) is 0 Å². The minimum Gasteiger partial charge on any atom is -0.480 e. The van der Waals surface area contributed by atoms with Crippen molar-refractivity contribution in [3.8, 4) is 0 Å². The lowest BCUT2D eigenvalue weighted by atomic mass is 9.77. The van der Waals surface area contributed by atoms with Crippen LogP contribution in [0.4, 0.5) is 4.79 Å². The Labute approximate surface area is 128 Å². The van der Waals surface area contributed by atoms with Gasteiger partial charge >= 0.3 is 12.0 Å². The van der Waals surface area contributed by atoms with E-state index in [0.29, 0.717) is 31.7 Å². The Bertz CT molecular complexity index is 406. The largest absolute Gasteiger partial charge is 0.480 e. The van der Waals surface area contributed by atoms with Crippen LogP contribution in [0.1, 0.15) is 46.0 Å². The molecule has 1 aliphatic carbocycles. The summed E-state index contributed by atoms with van der Waals surface area (Å²) in [7, 11) is -0.917. The lowest BCUT2D eigenvalue weighted by Crippen LogP contribution is -2.58. The lowest BCUT2D eigenvalue weighted by molar-refractivity contribution is -0.146. The number of nitrogens with one attached hydrogen (secondary N) is 2. The molecule has 0 spiro atoms. The maximum atomic E-state index is 11.9. The summed E-state index contributed by atoms with van der Waals surface area (Å²) in [6.45, 7) is 4.34. The van der Waals surface area contributed by atoms with E-state index in [1.165, 1.54) is 0 Å². The maximum absolute atomic E-state index is 11.9. The van der Waals surface area contributed by atoms with Gasteiger partial charge in [-0.3, -0.25) is 4.21 Å². The summed E-state index contributed by atoms with van der Waals surface area (Å²) in [5, 5.41) is 14.7. The zero-order valence-corrected chi connectivity index (χ0v) is 13.8. The van der Waals surface area contributed by atoms with E-state index in [4.69, 9.17) is 0 Å². The maximum Gasteiger partial charge on any atom is 0.329 e. The summed E-state index contributed by atoms with van der Waals surface area (Å²) in [4.78, 5) is 23.4. The summed E-state index contributed by atoms with van der Waals surface area (Å²) in [5.74, 6) is -0.463. The van der Waals surface area contributed by atoms with Gasteiger partial charge < -0.3 is 15.7 Å². The monoisotopic (exact) mass is 318 g/mol. The van der Waals surface area contributed by atoms with Crippen LogP contribution in [0.3, 0.4) is 0 Å². The van der Waals surface area contributed by atoms with E-state index in [-0.39, 0.29) is 5.25 Å². The molecule has 2 amide bonds. The highest BCUT2D eigenvalue weighted by Gasteiger charge is 2.42. The van der Waals surface area contributed by atoms with Gasteiger partial charge in [0.1, 0.15) is 5.54 Å². The standard InChI is InChI=1S/C14H26N2O4S/c1-10-4-7-14(8-5-10,12(17)18)16-13(19)15-9-6-11(2)21(3)20/h10-11H,4-9H2,1-3H3,(H,17,18)(H2,15,16,19). The van der Waals surface area contributed by atoms with Crippen LogP contribution in [-0.4, -0.2) is 44.9 Å². The van der Waals surface area contributed by atoms with Crippen LogP contribution in [-0.2, 0) is 15.6 Å². The van der Waals surface area contributed by atoms with Crippen LogP contribution in [0.25, 0.3) is 0 Å². The molecule has 0 radical (unpaired) electrons. The topological polar surface area (TPSA) is 95.5 Å². The summed E-state index contributed by atoms with van der Waals surface area (Å²) in [5.41, 5.74) is -1.14. The molecule has 2 unspecified atom stereocenters. The number of hydrogen-bond donors (Lipinski definition) is 3. The van der Waals surface area contributed by atoms with Gasteiger partial charge in [0, 0.05) is 28.9 Å². The Hall–Kier alpha value is -1.11. The van der Waals surface area contributed by atoms with Gasteiger partial charge in [0.2, 0.25) is 0 Å². The first-order valence-electron chi connectivity index (χ1n) is 7.38. The molecule has 7 heteroatoms.